The van der Waals surface area contributed by atoms with E-state index in [1.165, 1.54) is 42.1 Å². The highest BCUT2D eigenvalue weighted by Gasteiger charge is 2.48. The Morgan fingerprint density at radius 2 is 1.78 bits per heavy atom. The third kappa shape index (κ3) is 6.31. The molecule has 0 unspecified atom stereocenters. The number of Topliss-reactive ketones (excluding diaryl/α,β-unsaturated/α-hetero) is 1. The number of thioether (sulfide) groups is 1. The second kappa shape index (κ2) is 12.6. The molecule has 0 spiro atoms. The van der Waals surface area contributed by atoms with Crippen LogP contribution < -0.4 is 9.64 Å². The quantitative estimate of drug-likeness (QED) is 0.0533. The van der Waals surface area contributed by atoms with Crippen LogP contribution >= 0.6 is 23.1 Å². The fourth-order valence-electron chi connectivity index (χ4n) is 4.30. The average molecular weight is 594 g/mol. The van der Waals surface area contributed by atoms with Crippen LogP contribution in [0.15, 0.2) is 82.7 Å². The first-order valence-corrected chi connectivity index (χ1v) is 14.7. The van der Waals surface area contributed by atoms with Gasteiger partial charge in [-0.05, 0) is 66.1 Å². The largest absolute Gasteiger partial charge is 0.507 e. The van der Waals surface area contributed by atoms with E-state index < -0.39 is 29.3 Å². The molecule has 1 saturated heterocycles. The van der Waals surface area contributed by atoms with E-state index in [0.717, 1.165) is 34.6 Å². The summed E-state index contributed by atoms with van der Waals surface area (Å²) in [7, 11) is 0. The van der Waals surface area contributed by atoms with Crippen molar-refractivity contribution in [3.05, 3.63) is 107 Å². The van der Waals surface area contributed by atoms with Crippen LogP contribution in [0.3, 0.4) is 0 Å². The predicted octanol–water partition coefficient (Wildman–Crippen LogP) is 6.91. The zero-order valence-corrected chi connectivity index (χ0v) is 23.6. The van der Waals surface area contributed by atoms with Crippen LogP contribution in [0.25, 0.3) is 5.76 Å². The van der Waals surface area contributed by atoms with E-state index in [0.29, 0.717) is 33.6 Å². The summed E-state index contributed by atoms with van der Waals surface area (Å²) in [5.41, 5.74) is 1.28. The average Bonchev–Trinajstić information content (AvgIpc) is 3.55. The van der Waals surface area contributed by atoms with Gasteiger partial charge in [0.1, 0.15) is 23.1 Å². The van der Waals surface area contributed by atoms with E-state index in [1.54, 1.807) is 42.5 Å². The number of hydrogen-bond acceptors (Lipinski definition) is 8. The lowest BCUT2D eigenvalue weighted by molar-refractivity contribution is -0.132. The maximum absolute atomic E-state index is 14.3. The summed E-state index contributed by atoms with van der Waals surface area (Å²) in [6.07, 6.45) is 1.89. The Hall–Kier alpha value is -4.09. The summed E-state index contributed by atoms with van der Waals surface area (Å²) in [4.78, 5) is 27.9. The molecule has 1 atom stereocenters. The number of anilines is 1. The molecule has 5 rings (SSSR count). The highest BCUT2D eigenvalue weighted by molar-refractivity contribution is 8.00. The lowest BCUT2D eigenvalue weighted by Gasteiger charge is -2.22. The molecular weight excluding hydrogens is 568 g/mol. The first kappa shape index (κ1) is 28.4. The molecule has 1 aliphatic rings. The van der Waals surface area contributed by atoms with Gasteiger partial charge in [-0.25, -0.2) is 8.78 Å². The zero-order valence-electron chi connectivity index (χ0n) is 21.9. The van der Waals surface area contributed by atoms with Crippen LogP contribution in [-0.2, 0) is 15.3 Å². The second-order valence-corrected chi connectivity index (χ2v) is 11.4. The van der Waals surface area contributed by atoms with E-state index >= 15 is 0 Å². The molecule has 1 aliphatic heterocycles. The number of nitrogens with zero attached hydrogens (tertiary/aromatic N) is 3. The number of carbonyl (C=O) groups excluding carboxylic acids is 2. The summed E-state index contributed by atoms with van der Waals surface area (Å²) in [5.74, 6) is -2.02. The molecule has 0 saturated carbocycles. The molecule has 11 heteroatoms. The van der Waals surface area contributed by atoms with Crippen molar-refractivity contribution in [2.45, 2.75) is 35.9 Å². The van der Waals surface area contributed by atoms with Crippen molar-refractivity contribution in [3.63, 3.8) is 0 Å². The summed E-state index contributed by atoms with van der Waals surface area (Å²) in [6.45, 7) is 2.61. The van der Waals surface area contributed by atoms with Gasteiger partial charge in [-0.15, -0.1) is 10.2 Å². The standard InChI is InChI=1S/C30H25F2N3O4S2/c1-2-3-15-39-23-13-9-19(10-14-23)26(36)24-25(20-5-4-6-22(32)16-20)35(28(38)27(24)37)29-33-34-30(41-29)40-17-18-7-11-21(31)12-8-18/h4-14,16,25,36H,2-3,15,17H2,1H3/t25-/m1/s1. The molecule has 7 nitrogen and oxygen atoms in total. The van der Waals surface area contributed by atoms with Crippen LogP contribution in [0, 0.1) is 11.6 Å². The fourth-order valence-corrected chi connectivity index (χ4v) is 6.13. The molecule has 1 fully saturated rings. The van der Waals surface area contributed by atoms with Gasteiger partial charge in [0.25, 0.3) is 5.78 Å². The number of rotatable bonds is 10. The van der Waals surface area contributed by atoms with Crippen LogP contribution in [0.5, 0.6) is 5.75 Å². The Morgan fingerprint density at radius 3 is 2.49 bits per heavy atom. The van der Waals surface area contributed by atoms with Gasteiger partial charge in [0.05, 0.1) is 18.2 Å². The number of aromatic nitrogens is 2. The van der Waals surface area contributed by atoms with Crippen molar-refractivity contribution in [1.29, 1.82) is 0 Å². The number of halogens is 2. The molecule has 41 heavy (non-hydrogen) atoms. The van der Waals surface area contributed by atoms with Crippen molar-refractivity contribution < 1.29 is 28.2 Å². The van der Waals surface area contributed by atoms with Crippen LogP contribution in [0.4, 0.5) is 13.9 Å². The Bertz CT molecular complexity index is 1590. The Balaban J connectivity index is 1.48. The molecule has 210 valence electrons. The summed E-state index contributed by atoms with van der Waals surface area (Å²) < 4.78 is 33.7. The van der Waals surface area contributed by atoms with Gasteiger partial charge in [-0.2, -0.15) is 0 Å². The van der Waals surface area contributed by atoms with Crippen molar-refractivity contribution in [2.75, 3.05) is 11.5 Å². The van der Waals surface area contributed by atoms with E-state index in [-0.39, 0.29) is 16.5 Å². The Labute approximate surface area is 243 Å². The molecule has 0 radical (unpaired) electrons. The number of carbonyl (C=O) groups is 2. The SMILES string of the molecule is CCCCOc1ccc(C(O)=C2C(=O)C(=O)N(c3nnc(SCc4ccc(F)cc4)s3)[C@@H]2c2cccc(F)c2)cc1. The number of ketones is 1. The zero-order chi connectivity index (χ0) is 28.9. The molecule has 1 aromatic heterocycles. The first-order valence-electron chi connectivity index (χ1n) is 12.9. The number of aliphatic hydroxyl groups is 1. The summed E-state index contributed by atoms with van der Waals surface area (Å²) >= 11 is 2.43. The van der Waals surface area contributed by atoms with Gasteiger partial charge in [-0.1, -0.05) is 60.7 Å². The van der Waals surface area contributed by atoms with Crippen molar-refractivity contribution in [1.82, 2.24) is 10.2 Å². The number of benzene rings is 3. The van der Waals surface area contributed by atoms with Crippen LogP contribution in [-0.4, -0.2) is 33.6 Å². The van der Waals surface area contributed by atoms with Gasteiger partial charge < -0.3 is 9.84 Å². The molecule has 0 bridgehead atoms. The Kier molecular flexibility index (Phi) is 8.75. The van der Waals surface area contributed by atoms with Gasteiger partial charge in [0.2, 0.25) is 5.13 Å². The van der Waals surface area contributed by atoms with Crippen LogP contribution in [0.1, 0.15) is 42.5 Å². The monoisotopic (exact) mass is 593 g/mol. The number of hydrogen-bond donors (Lipinski definition) is 1. The minimum atomic E-state index is -1.13. The predicted molar refractivity (Wildman–Crippen MR) is 154 cm³/mol. The number of unbranched alkanes of at least 4 members (excludes halogenated alkanes) is 1. The molecule has 2 heterocycles. The first-order chi connectivity index (χ1) is 19.9. The van der Waals surface area contributed by atoms with Crippen molar-refractivity contribution in [3.8, 4) is 5.75 Å². The molecule has 1 N–H and O–H groups in total. The highest BCUT2D eigenvalue weighted by atomic mass is 32.2. The third-order valence-corrected chi connectivity index (χ3v) is 8.51. The molecule has 3 aromatic carbocycles. The minimum Gasteiger partial charge on any atom is -0.507 e. The van der Waals surface area contributed by atoms with Gasteiger partial charge in [-0.3, -0.25) is 14.5 Å². The van der Waals surface area contributed by atoms with E-state index in [9.17, 15) is 23.5 Å². The number of aliphatic hydroxyl groups excluding tert-OH is 1. The van der Waals surface area contributed by atoms with Crippen LogP contribution in [0.2, 0.25) is 0 Å². The van der Waals surface area contributed by atoms with E-state index in [2.05, 4.69) is 17.1 Å². The molecular formula is C30H25F2N3O4S2. The van der Waals surface area contributed by atoms with Gasteiger partial charge in [0.15, 0.2) is 4.34 Å². The number of amides is 1. The maximum atomic E-state index is 14.3. The molecule has 1 amide bonds. The summed E-state index contributed by atoms with van der Waals surface area (Å²) in [6, 6.07) is 17.0. The van der Waals surface area contributed by atoms with Gasteiger partial charge >= 0.3 is 5.91 Å². The van der Waals surface area contributed by atoms with E-state index in [4.69, 9.17) is 4.74 Å². The number of ether oxygens (including phenoxy) is 1. The Morgan fingerprint density at radius 1 is 1.02 bits per heavy atom. The van der Waals surface area contributed by atoms with Gasteiger partial charge in [0, 0.05) is 11.3 Å². The third-order valence-electron chi connectivity index (χ3n) is 6.38. The highest BCUT2D eigenvalue weighted by Crippen LogP contribution is 2.44. The summed E-state index contributed by atoms with van der Waals surface area (Å²) in [5, 5.41) is 19.7. The molecule has 4 aromatic rings. The van der Waals surface area contributed by atoms with Crippen molar-refractivity contribution >= 4 is 45.7 Å². The minimum absolute atomic E-state index is 0.127. The smallest absolute Gasteiger partial charge is 0.301 e. The molecule has 0 aliphatic carbocycles. The van der Waals surface area contributed by atoms with E-state index in [1.807, 2.05) is 0 Å². The lowest BCUT2D eigenvalue weighted by atomic mass is 9.95. The topological polar surface area (TPSA) is 92.6 Å². The normalized spacial score (nSPS) is 16.4. The van der Waals surface area contributed by atoms with Crippen molar-refractivity contribution in [2.24, 2.45) is 0 Å². The maximum Gasteiger partial charge on any atom is 0.301 e. The lowest BCUT2D eigenvalue weighted by Crippen LogP contribution is -2.29. The second-order valence-electron chi connectivity index (χ2n) is 9.22. The fraction of sp³-hybridized carbons (Fsp3) is 0.200.